The van der Waals surface area contributed by atoms with Crippen LogP contribution in [0.5, 0.6) is 0 Å². The van der Waals surface area contributed by atoms with Crippen LogP contribution >= 0.6 is 24.0 Å². The van der Waals surface area contributed by atoms with Crippen LogP contribution in [0, 0.1) is 5.41 Å². The molecule has 134 valence electrons. The quantitative estimate of drug-likeness (QED) is 0.399. The van der Waals surface area contributed by atoms with Gasteiger partial charge in [-0.2, -0.15) is 0 Å². The molecule has 0 saturated carbocycles. The fourth-order valence-electron chi connectivity index (χ4n) is 3.49. The lowest BCUT2D eigenvalue weighted by atomic mass is 9.76. The Kier molecular flexibility index (Phi) is 8.60. The second kappa shape index (κ2) is 9.66. The summed E-state index contributed by atoms with van der Waals surface area (Å²) >= 11 is 0. The summed E-state index contributed by atoms with van der Waals surface area (Å²) in [4.78, 5) is 18.4. The summed E-state index contributed by atoms with van der Waals surface area (Å²) in [5.41, 5.74) is 0.272. The van der Waals surface area contributed by atoms with Gasteiger partial charge in [-0.1, -0.05) is 0 Å². The molecule has 0 aromatic carbocycles. The number of aliphatic imine (C=N–C) groups is 1. The summed E-state index contributed by atoms with van der Waals surface area (Å²) in [5.74, 6) is 0.826. The molecule has 0 aromatic heterocycles. The molecule has 1 atom stereocenters. The highest BCUT2D eigenvalue weighted by molar-refractivity contribution is 14.0. The Balaban J connectivity index is 0.00000264. The fourth-order valence-corrected chi connectivity index (χ4v) is 3.49. The van der Waals surface area contributed by atoms with Crippen molar-refractivity contribution < 1.29 is 9.53 Å². The van der Waals surface area contributed by atoms with Crippen molar-refractivity contribution in [1.29, 1.82) is 0 Å². The minimum absolute atomic E-state index is 0. The molecule has 6 nitrogen and oxygen atoms in total. The van der Waals surface area contributed by atoms with Crippen molar-refractivity contribution in [3.63, 3.8) is 0 Å². The zero-order valence-electron chi connectivity index (χ0n) is 14.6. The summed E-state index contributed by atoms with van der Waals surface area (Å²) < 4.78 is 5.72. The van der Waals surface area contributed by atoms with E-state index in [1.807, 2.05) is 13.8 Å². The number of nitrogens with one attached hydrogen (secondary N) is 2. The van der Waals surface area contributed by atoms with Gasteiger partial charge in [-0.25, -0.2) is 0 Å². The summed E-state index contributed by atoms with van der Waals surface area (Å²) in [6.07, 6.45) is 4.77. The van der Waals surface area contributed by atoms with Gasteiger partial charge >= 0.3 is 0 Å². The Morgan fingerprint density at radius 2 is 2.09 bits per heavy atom. The smallest absolute Gasteiger partial charge is 0.239 e. The minimum atomic E-state index is 0. The third-order valence-corrected chi connectivity index (χ3v) is 4.43. The van der Waals surface area contributed by atoms with Crippen LogP contribution in [0.1, 0.15) is 39.5 Å². The van der Waals surface area contributed by atoms with E-state index in [9.17, 15) is 4.79 Å². The van der Waals surface area contributed by atoms with Gasteiger partial charge in [-0.3, -0.25) is 9.79 Å². The van der Waals surface area contributed by atoms with Crippen LogP contribution in [0.4, 0.5) is 0 Å². The van der Waals surface area contributed by atoms with Crippen LogP contribution in [0.15, 0.2) is 4.99 Å². The number of carbonyl (C=O) groups is 1. The summed E-state index contributed by atoms with van der Waals surface area (Å²) in [6, 6.07) is 0.161. The van der Waals surface area contributed by atoms with Crippen molar-refractivity contribution in [2.24, 2.45) is 10.4 Å². The van der Waals surface area contributed by atoms with Crippen LogP contribution in [-0.2, 0) is 9.53 Å². The van der Waals surface area contributed by atoms with E-state index in [2.05, 4.69) is 20.5 Å². The lowest BCUT2D eigenvalue weighted by molar-refractivity contribution is -0.120. The maximum absolute atomic E-state index is 11.8. The topological polar surface area (TPSA) is 66.0 Å². The van der Waals surface area contributed by atoms with Crippen molar-refractivity contribution in [2.45, 2.75) is 45.6 Å². The molecule has 7 heteroatoms. The summed E-state index contributed by atoms with van der Waals surface area (Å²) in [5, 5.41) is 6.08. The fraction of sp³-hybridized carbons (Fsp3) is 0.875. The van der Waals surface area contributed by atoms with Gasteiger partial charge in [0.1, 0.15) is 0 Å². The Morgan fingerprint density at radius 1 is 1.35 bits per heavy atom. The second-order valence-corrected chi connectivity index (χ2v) is 6.80. The minimum Gasteiger partial charge on any atom is -0.381 e. The molecule has 0 radical (unpaired) electrons. The molecule has 1 spiro atoms. The third kappa shape index (κ3) is 6.10. The zero-order chi connectivity index (χ0) is 16.0. The van der Waals surface area contributed by atoms with Gasteiger partial charge in [0.05, 0.1) is 13.2 Å². The number of piperidine rings is 1. The molecule has 0 aromatic rings. The SMILES string of the molecule is CN=C(NCC(=O)NC(C)C)N1CCCC2(CCCOC2)C1.I. The van der Waals surface area contributed by atoms with E-state index in [1.54, 1.807) is 7.05 Å². The predicted molar refractivity (Wildman–Crippen MR) is 103 cm³/mol. The van der Waals surface area contributed by atoms with Gasteiger partial charge in [-0.15, -0.1) is 24.0 Å². The van der Waals surface area contributed by atoms with E-state index in [1.165, 1.54) is 12.8 Å². The molecule has 2 aliphatic rings. The first-order chi connectivity index (χ1) is 10.5. The molecule has 2 rings (SSSR count). The van der Waals surface area contributed by atoms with Gasteiger partial charge in [-0.05, 0) is 39.5 Å². The second-order valence-electron chi connectivity index (χ2n) is 6.80. The normalized spacial score (nSPS) is 25.2. The molecule has 1 unspecified atom stereocenters. The largest absolute Gasteiger partial charge is 0.381 e. The van der Waals surface area contributed by atoms with Gasteiger partial charge in [0.2, 0.25) is 5.91 Å². The maximum atomic E-state index is 11.8. The summed E-state index contributed by atoms with van der Waals surface area (Å²) in [6.45, 7) is 7.91. The van der Waals surface area contributed by atoms with Crippen LogP contribution in [0.3, 0.4) is 0 Å². The molecule has 2 heterocycles. The van der Waals surface area contributed by atoms with Gasteiger partial charge in [0.15, 0.2) is 5.96 Å². The van der Waals surface area contributed by atoms with Gasteiger partial charge in [0, 0.05) is 38.2 Å². The molecule has 23 heavy (non-hydrogen) atoms. The number of hydrogen-bond acceptors (Lipinski definition) is 3. The van der Waals surface area contributed by atoms with E-state index in [4.69, 9.17) is 4.74 Å². The van der Waals surface area contributed by atoms with Crippen molar-refractivity contribution in [1.82, 2.24) is 15.5 Å². The van der Waals surface area contributed by atoms with Crippen molar-refractivity contribution in [3.8, 4) is 0 Å². The van der Waals surface area contributed by atoms with Crippen molar-refractivity contribution in [3.05, 3.63) is 0 Å². The molecule has 2 aliphatic heterocycles. The highest BCUT2D eigenvalue weighted by atomic mass is 127. The Bertz CT molecular complexity index is 403. The number of halogens is 1. The predicted octanol–water partition coefficient (Wildman–Crippen LogP) is 1.60. The van der Waals surface area contributed by atoms with Crippen LogP contribution in [-0.4, -0.2) is 62.7 Å². The summed E-state index contributed by atoms with van der Waals surface area (Å²) in [7, 11) is 1.78. The lowest BCUT2D eigenvalue weighted by Crippen LogP contribution is -2.54. The maximum Gasteiger partial charge on any atom is 0.239 e. The van der Waals surface area contributed by atoms with Gasteiger partial charge in [0.25, 0.3) is 0 Å². The Hall–Kier alpha value is -0.570. The molecule has 2 fully saturated rings. The monoisotopic (exact) mass is 438 g/mol. The third-order valence-electron chi connectivity index (χ3n) is 4.43. The average molecular weight is 438 g/mol. The van der Waals surface area contributed by atoms with Crippen LogP contribution in [0.25, 0.3) is 0 Å². The molecule has 0 aliphatic carbocycles. The first-order valence-electron chi connectivity index (χ1n) is 8.37. The highest BCUT2D eigenvalue weighted by Crippen LogP contribution is 2.37. The number of rotatable bonds is 3. The molecule has 0 bridgehead atoms. The van der Waals surface area contributed by atoms with Crippen molar-refractivity contribution >= 4 is 35.8 Å². The molecule has 1 amide bonds. The Morgan fingerprint density at radius 3 is 2.70 bits per heavy atom. The number of amides is 1. The highest BCUT2D eigenvalue weighted by Gasteiger charge is 2.38. The number of likely N-dealkylation sites (tertiary alicyclic amines) is 1. The Labute approximate surface area is 156 Å². The van der Waals surface area contributed by atoms with E-state index in [-0.39, 0.29) is 47.9 Å². The first kappa shape index (κ1) is 20.5. The van der Waals surface area contributed by atoms with Crippen LogP contribution in [0.2, 0.25) is 0 Å². The standard InChI is InChI=1S/C16H30N4O2.HI/c1-13(2)19-14(21)10-18-15(17-3)20-8-4-6-16(11-20)7-5-9-22-12-16;/h13H,4-12H2,1-3H3,(H,17,18)(H,19,21);1H. The lowest BCUT2D eigenvalue weighted by Gasteiger charge is -2.45. The number of carbonyl (C=O) groups excluding carboxylic acids is 1. The average Bonchev–Trinajstić information content (AvgIpc) is 2.48. The van der Waals surface area contributed by atoms with E-state index < -0.39 is 0 Å². The van der Waals surface area contributed by atoms with Crippen LogP contribution < -0.4 is 10.6 Å². The molecular weight excluding hydrogens is 407 g/mol. The molecular formula is C16H31IN4O2. The van der Waals surface area contributed by atoms with E-state index >= 15 is 0 Å². The number of guanidine groups is 1. The molecule has 2 saturated heterocycles. The van der Waals surface area contributed by atoms with E-state index in [0.29, 0.717) is 0 Å². The van der Waals surface area contributed by atoms with Gasteiger partial charge < -0.3 is 20.3 Å². The number of nitrogens with zero attached hydrogens (tertiary/aromatic N) is 2. The molecule has 2 N–H and O–H groups in total. The van der Waals surface area contributed by atoms with Crippen molar-refractivity contribution in [2.75, 3.05) is 39.9 Å². The number of hydrogen-bond donors (Lipinski definition) is 2. The number of ether oxygens (including phenoxy) is 1. The zero-order valence-corrected chi connectivity index (χ0v) is 16.9. The van der Waals surface area contributed by atoms with E-state index in [0.717, 1.165) is 45.1 Å². The first-order valence-corrected chi connectivity index (χ1v) is 8.37.